The SMILES string of the molecule is Cc1cc(C)n([C@@H]2CCN(C(=O)CN3CCc4ccccc4C3)C2)n1. The summed E-state index contributed by atoms with van der Waals surface area (Å²) >= 11 is 0. The minimum absolute atomic E-state index is 0.253. The van der Waals surface area contributed by atoms with Crippen molar-refractivity contribution in [3.8, 4) is 0 Å². The van der Waals surface area contributed by atoms with Gasteiger partial charge in [0.25, 0.3) is 0 Å². The van der Waals surface area contributed by atoms with Crippen LogP contribution in [-0.4, -0.2) is 51.7 Å². The van der Waals surface area contributed by atoms with Crippen LogP contribution in [0.5, 0.6) is 0 Å². The van der Waals surface area contributed by atoms with Gasteiger partial charge in [-0.2, -0.15) is 5.10 Å². The largest absolute Gasteiger partial charge is 0.339 e. The van der Waals surface area contributed by atoms with Gasteiger partial charge >= 0.3 is 0 Å². The monoisotopic (exact) mass is 338 g/mol. The third kappa shape index (κ3) is 3.33. The summed E-state index contributed by atoms with van der Waals surface area (Å²) in [6.07, 6.45) is 2.04. The molecule has 0 radical (unpaired) electrons. The van der Waals surface area contributed by atoms with Crippen molar-refractivity contribution in [3.63, 3.8) is 0 Å². The van der Waals surface area contributed by atoms with Crippen molar-refractivity contribution in [2.75, 3.05) is 26.2 Å². The van der Waals surface area contributed by atoms with E-state index in [4.69, 9.17) is 0 Å². The quantitative estimate of drug-likeness (QED) is 0.862. The standard InChI is InChI=1S/C20H26N4O/c1-15-11-16(2)24(21-15)19-8-10-23(13-19)20(25)14-22-9-7-17-5-3-4-6-18(17)12-22/h3-6,11,19H,7-10,12-14H2,1-2H3/t19-/m1/s1. The molecule has 4 rings (SSSR count). The molecule has 0 saturated carbocycles. The van der Waals surface area contributed by atoms with E-state index < -0.39 is 0 Å². The zero-order valence-electron chi connectivity index (χ0n) is 15.1. The fraction of sp³-hybridized carbons (Fsp3) is 0.500. The van der Waals surface area contributed by atoms with Gasteiger partial charge in [0.05, 0.1) is 18.3 Å². The van der Waals surface area contributed by atoms with Crippen LogP contribution in [0.1, 0.15) is 35.0 Å². The fourth-order valence-electron chi connectivity index (χ4n) is 4.16. The van der Waals surface area contributed by atoms with E-state index in [0.29, 0.717) is 12.6 Å². The number of aryl methyl sites for hydroxylation is 2. The summed E-state index contributed by atoms with van der Waals surface area (Å²) < 4.78 is 2.10. The number of nitrogens with zero attached hydrogens (tertiary/aromatic N) is 4. The smallest absolute Gasteiger partial charge is 0.236 e. The molecule has 25 heavy (non-hydrogen) atoms. The topological polar surface area (TPSA) is 41.4 Å². The van der Waals surface area contributed by atoms with Crippen LogP contribution < -0.4 is 0 Å². The van der Waals surface area contributed by atoms with E-state index >= 15 is 0 Å². The molecular formula is C20H26N4O. The van der Waals surface area contributed by atoms with Crippen LogP contribution in [0.25, 0.3) is 0 Å². The molecule has 5 nitrogen and oxygen atoms in total. The van der Waals surface area contributed by atoms with E-state index in [1.165, 1.54) is 16.8 Å². The Labute approximate surface area is 149 Å². The number of amides is 1. The maximum atomic E-state index is 12.7. The summed E-state index contributed by atoms with van der Waals surface area (Å²) in [6.45, 7) is 8.12. The third-order valence-electron chi connectivity index (χ3n) is 5.48. The van der Waals surface area contributed by atoms with Crippen LogP contribution in [0.3, 0.4) is 0 Å². The van der Waals surface area contributed by atoms with E-state index in [-0.39, 0.29) is 5.91 Å². The molecule has 0 N–H and O–H groups in total. The molecule has 2 aliphatic rings. The van der Waals surface area contributed by atoms with E-state index in [2.05, 4.69) is 51.9 Å². The average molecular weight is 338 g/mol. The number of hydrogen-bond acceptors (Lipinski definition) is 3. The highest BCUT2D eigenvalue weighted by Gasteiger charge is 2.30. The van der Waals surface area contributed by atoms with Crippen LogP contribution >= 0.6 is 0 Å². The summed E-state index contributed by atoms with van der Waals surface area (Å²) in [5.41, 5.74) is 5.03. The normalized spacial score (nSPS) is 20.7. The van der Waals surface area contributed by atoms with E-state index in [9.17, 15) is 4.79 Å². The first-order valence-electron chi connectivity index (χ1n) is 9.20. The minimum Gasteiger partial charge on any atom is -0.339 e. The molecule has 132 valence electrons. The lowest BCUT2D eigenvalue weighted by Gasteiger charge is -2.29. The van der Waals surface area contributed by atoms with Crippen molar-refractivity contribution in [3.05, 3.63) is 52.8 Å². The Morgan fingerprint density at radius 3 is 2.76 bits per heavy atom. The Bertz CT molecular complexity index is 782. The number of carbonyl (C=O) groups is 1. The molecule has 0 bridgehead atoms. The Morgan fingerprint density at radius 2 is 2.00 bits per heavy atom. The van der Waals surface area contributed by atoms with Gasteiger partial charge in [-0.25, -0.2) is 0 Å². The second-order valence-electron chi connectivity index (χ2n) is 7.38. The maximum Gasteiger partial charge on any atom is 0.236 e. The minimum atomic E-state index is 0.253. The lowest BCUT2D eigenvalue weighted by Crippen LogP contribution is -2.41. The third-order valence-corrected chi connectivity index (χ3v) is 5.48. The number of carbonyl (C=O) groups excluding carboxylic acids is 1. The summed E-state index contributed by atoms with van der Waals surface area (Å²) in [5.74, 6) is 0.253. The first-order chi connectivity index (χ1) is 12.1. The van der Waals surface area contributed by atoms with Crippen LogP contribution in [0.15, 0.2) is 30.3 Å². The molecule has 1 aromatic carbocycles. The zero-order chi connectivity index (χ0) is 17.4. The van der Waals surface area contributed by atoms with Gasteiger partial charge in [0.1, 0.15) is 0 Å². The van der Waals surface area contributed by atoms with Gasteiger partial charge in [-0.3, -0.25) is 14.4 Å². The molecule has 1 amide bonds. The van der Waals surface area contributed by atoms with Crippen molar-refractivity contribution < 1.29 is 4.79 Å². The molecule has 0 aliphatic carbocycles. The number of fused-ring (bicyclic) bond motifs is 1. The van der Waals surface area contributed by atoms with E-state index in [1.807, 2.05) is 11.8 Å². The van der Waals surface area contributed by atoms with Crippen molar-refractivity contribution in [1.29, 1.82) is 0 Å². The van der Waals surface area contributed by atoms with E-state index in [1.54, 1.807) is 0 Å². The number of rotatable bonds is 3. The average Bonchev–Trinajstić information content (AvgIpc) is 3.21. The Hall–Kier alpha value is -2.14. The molecule has 1 fully saturated rings. The number of benzene rings is 1. The molecule has 3 heterocycles. The molecule has 2 aliphatic heterocycles. The first-order valence-corrected chi connectivity index (χ1v) is 9.20. The highest BCUT2D eigenvalue weighted by atomic mass is 16.2. The summed E-state index contributed by atoms with van der Waals surface area (Å²) in [4.78, 5) is 17.0. The molecule has 2 aromatic rings. The lowest BCUT2D eigenvalue weighted by molar-refractivity contribution is -0.131. The Kier molecular flexibility index (Phi) is 4.34. The Morgan fingerprint density at radius 1 is 1.20 bits per heavy atom. The van der Waals surface area contributed by atoms with Gasteiger partial charge in [0.2, 0.25) is 5.91 Å². The fourth-order valence-corrected chi connectivity index (χ4v) is 4.16. The molecule has 1 aromatic heterocycles. The second kappa shape index (κ2) is 6.64. The van der Waals surface area contributed by atoms with Crippen molar-refractivity contribution in [1.82, 2.24) is 19.6 Å². The summed E-state index contributed by atoms with van der Waals surface area (Å²) in [5, 5.41) is 4.59. The molecule has 1 atom stereocenters. The first kappa shape index (κ1) is 16.3. The van der Waals surface area contributed by atoms with Gasteiger partial charge in [-0.15, -0.1) is 0 Å². The predicted octanol–water partition coefficient (Wildman–Crippen LogP) is 2.33. The van der Waals surface area contributed by atoms with Crippen molar-refractivity contribution in [2.24, 2.45) is 0 Å². The molecule has 1 saturated heterocycles. The van der Waals surface area contributed by atoms with Crippen LogP contribution in [0.2, 0.25) is 0 Å². The molecule has 0 unspecified atom stereocenters. The highest BCUT2D eigenvalue weighted by Crippen LogP contribution is 2.24. The van der Waals surface area contributed by atoms with Crippen molar-refractivity contribution in [2.45, 2.75) is 39.3 Å². The maximum absolute atomic E-state index is 12.7. The summed E-state index contributed by atoms with van der Waals surface area (Å²) in [7, 11) is 0. The van der Waals surface area contributed by atoms with Crippen molar-refractivity contribution >= 4 is 5.91 Å². The molecule has 5 heteroatoms. The van der Waals surface area contributed by atoms with Crippen LogP contribution in [0.4, 0.5) is 0 Å². The lowest BCUT2D eigenvalue weighted by atomic mass is 10.00. The number of likely N-dealkylation sites (tertiary alicyclic amines) is 1. The molecule has 0 spiro atoms. The van der Waals surface area contributed by atoms with Crippen LogP contribution in [0, 0.1) is 13.8 Å². The number of hydrogen-bond donors (Lipinski definition) is 0. The van der Waals surface area contributed by atoms with Gasteiger partial charge < -0.3 is 4.90 Å². The number of aromatic nitrogens is 2. The Balaban J connectivity index is 1.36. The van der Waals surface area contributed by atoms with Crippen LogP contribution in [-0.2, 0) is 17.8 Å². The van der Waals surface area contributed by atoms with E-state index in [0.717, 1.165) is 44.7 Å². The second-order valence-corrected chi connectivity index (χ2v) is 7.38. The summed E-state index contributed by atoms with van der Waals surface area (Å²) in [6, 6.07) is 11.0. The highest BCUT2D eigenvalue weighted by molar-refractivity contribution is 5.78. The van der Waals surface area contributed by atoms with Gasteiger partial charge in [-0.05, 0) is 43.9 Å². The van der Waals surface area contributed by atoms with Gasteiger partial charge in [0, 0.05) is 31.9 Å². The predicted molar refractivity (Wildman–Crippen MR) is 97.4 cm³/mol. The van der Waals surface area contributed by atoms with Gasteiger partial charge in [0.15, 0.2) is 0 Å². The van der Waals surface area contributed by atoms with Gasteiger partial charge in [-0.1, -0.05) is 24.3 Å². The molecular weight excluding hydrogens is 312 g/mol. The zero-order valence-corrected chi connectivity index (χ0v) is 15.1.